The lowest BCUT2D eigenvalue weighted by atomic mass is 9.98. The van der Waals surface area contributed by atoms with Gasteiger partial charge in [0.1, 0.15) is 0 Å². The molecule has 4 heteroatoms. The normalized spacial score (nSPS) is 24.1. The van der Waals surface area contributed by atoms with Gasteiger partial charge in [-0.15, -0.1) is 0 Å². The molecule has 0 aromatic heterocycles. The SMILES string of the molecule is CCC1CN(C(c2cccc(Br)c2)C(C)N)CCO1. The van der Waals surface area contributed by atoms with Gasteiger partial charge in [-0.1, -0.05) is 35.0 Å². The molecule has 1 saturated heterocycles. The van der Waals surface area contributed by atoms with Crippen molar-refractivity contribution in [3.63, 3.8) is 0 Å². The molecule has 2 N–H and O–H groups in total. The van der Waals surface area contributed by atoms with E-state index in [4.69, 9.17) is 10.5 Å². The molecule has 1 aromatic rings. The Hall–Kier alpha value is -0.420. The van der Waals surface area contributed by atoms with Crippen LogP contribution >= 0.6 is 15.9 Å². The minimum Gasteiger partial charge on any atom is -0.376 e. The summed E-state index contributed by atoms with van der Waals surface area (Å²) in [7, 11) is 0. The van der Waals surface area contributed by atoms with Crippen molar-refractivity contribution in [1.82, 2.24) is 4.90 Å². The molecular weight excluding hydrogens is 304 g/mol. The summed E-state index contributed by atoms with van der Waals surface area (Å²) in [6.45, 7) is 6.98. The summed E-state index contributed by atoms with van der Waals surface area (Å²) in [6.07, 6.45) is 1.39. The molecule has 1 aromatic carbocycles. The molecule has 3 atom stereocenters. The Morgan fingerprint density at radius 2 is 2.32 bits per heavy atom. The average Bonchev–Trinajstić information content (AvgIpc) is 2.39. The monoisotopic (exact) mass is 326 g/mol. The van der Waals surface area contributed by atoms with Gasteiger partial charge >= 0.3 is 0 Å². The number of morpholine rings is 1. The van der Waals surface area contributed by atoms with E-state index in [0.717, 1.165) is 30.6 Å². The van der Waals surface area contributed by atoms with Crippen molar-refractivity contribution in [3.8, 4) is 0 Å². The van der Waals surface area contributed by atoms with Crippen LogP contribution in [0.4, 0.5) is 0 Å². The van der Waals surface area contributed by atoms with Crippen LogP contribution in [0.15, 0.2) is 28.7 Å². The molecular formula is C15H23BrN2O. The molecule has 1 heterocycles. The molecule has 2 rings (SSSR count). The van der Waals surface area contributed by atoms with Gasteiger partial charge in [0.25, 0.3) is 0 Å². The van der Waals surface area contributed by atoms with E-state index < -0.39 is 0 Å². The van der Waals surface area contributed by atoms with Crippen molar-refractivity contribution >= 4 is 15.9 Å². The van der Waals surface area contributed by atoms with Crippen LogP contribution in [0, 0.1) is 0 Å². The van der Waals surface area contributed by atoms with Crippen LogP contribution in [0.5, 0.6) is 0 Å². The van der Waals surface area contributed by atoms with Crippen molar-refractivity contribution < 1.29 is 4.74 Å². The molecule has 0 spiro atoms. The number of benzene rings is 1. The summed E-state index contributed by atoms with van der Waals surface area (Å²) in [5, 5.41) is 0. The summed E-state index contributed by atoms with van der Waals surface area (Å²) in [5.41, 5.74) is 7.52. The van der Waals surface area contributed by atoms with E-state index in [9.17, 15) is 0 Å². The summed E-state index contributed by atoms with van der Waals surface area (Å²) >= 11 is 3.55. The average molecular weight is 327 g/mol. The van der Waals surface area contributed by atoms with Gasteiger partial charge in [0.05, 0.1) is 12.7 Å². The zero-order valence-electron chi connectivity index (χ0n) is 11.7. The molecule has 3 unspecified atom stereocenters. The van der Waals surface area contributed by atoms with E-state index in [-0.39, 0.29) is 12.1 Å². The van der Waals surface area contributed by atoms with Crippen molar-refractivity contribution in [1.29, 1.82) is 0 Å². The zero-order valence-corrected chi connectivity index (χ0v) is 13.3. The Morgan fingerprint density at radius 3 is 2.95 bits per heavy atom. The number of ether oxygens (including phenoxy) is 1. The second-order valence-corrected chi connectivity index (χ2v) is 6.17. The number of nitrogens with two attached hydrogens (primary N) is 1. The van der Waals surface area contributed by atoms with Crippen molar-refractivity contribution in [2.24, 2.45) is 5.73 Å². The fourth-order valence-corrected chi connectivity index (χ4v) is 3.20. The minimum absolute atomic E-state index is 0.102. The number of hydrogen-bond donors (Lipinski definition) is 1. The zero-order chi connectivity index (χ0) is 13.8. The highest BCUT2D eigenvalue weighted by atomic mass is 79.9. The summed E-state index contributed by atoms with van der Waals surface area (Å²) in [4.78, 5) is 2.46. The van der Waals surface area contributed by atoms with Crippen LogP contribution in [-0.2, 0) is 4.74 Å². The Kier molecular flexibility index (Phi) is 5.39. The Bertz CT molecular complexity index is 411. The minimum atomic E-state index is 0.102. The standard InChI is InChI=1S/C15H23BrN2O/c1-3-14-10-18(7-8-19-14)15(11(2)17)12-5-4-6-13(16)9-12/h4-6,9,11,14-15H,3,7-8,10,17H2,1-2H3. The van der Waals surface area contributed by atoms with Crippen molar-refractivity contribution in [2.45, 2.75) is 38.5 Å². The molecule has 0 aliphatic carbocycles. The van der Waals surface area contributed by atoms with Crippen LogP contribution < -0.4 is 5.73 Å². The Balaban J connectivity index is 2.20. The lowest BCUT2D eigenvalue weighted by Gasteiger charge is -2.40. The third-order valence-electron chi connectivity index (χ3n) is 3.71. The number of nitrogens with zero attached hydrogens (tertiary/aromatic N) is 1. The molecule has 3 nitrogen and oxygen atoms in total. The number of halogens is 1. The second kappa shape index (κ2) is 6.84. The molecule has 19 heavy (non-hydrogen) atoms. The van der Waals surface area contributed by atoms with Crippen molar-refractivity contribution in [3.05, 3.63) is 34.3 Å². The lowest BCUT2D eigenvalue weighted by Crippen LogP contribution is -2.48. The summed E-state index contributed by atoms with van der Waals surface area (Å²) in [6, 6.07) is 8.82. The van der Waals surface area contributed by atoms with Gasteiger partial charge in [0, 0.05) is 29.6 Å². The third kappa shape index (κ3) is 3.78. The smallest absolute Gasteiger partial charge is 0.0700 e. The van der Waals surface area contributed by atoms with Gasteiger partial charge in [-0.3, -0.25) is 4.90 Å². The van der Waals surface area contributed by atoms with Gasteiger partial charge in [-0.25, -0.2) is 0 Å². The highest BCUT2D eigenvalue weighted by Gasteiger charge is 2.29. The van der Waals surface area contributed by atoms with E-state index in [1.807, 2.05) is 0 Å². The van der Waals surface area contributed by atoms with E-state index >= 15 is 0 Å². The number of hydrogen-bond acceptors (Lipinski definition) is 3. The molecule has 106 valence electrons. The first-order valence-corrected chi connectivity index (χ1v) is 7.77. The first-order valence-electron chi connectivity index (χ1n) is 6.98. The van der Waals surface area contributed by atoms with E-state index in [1.54, 1.807) is 0 Å². The van der Waals surface area contributed by atoms with Crippen LogP contribution in [0.2, 0.25) is 0 Å². The molecule has 0 bridgehead atoms. The fourth-order valence-electron chi connectivity index (χ4n) is 2.78. The molecule has 1 fully saturated rings. The maximum Gasteiger partial charge on any atom is 0.0700 e. The predicted octanol–water partition coefficient (Wildman–Crippen LogP) is 2.95. The van der Waals surface area contributed by atoms with Crippen LogP contribution in [0.1, 0.15) is 31.9 Å². The van der Waals surface area contributed by atoms with Gasteiger partial charge in [-0.2, -0.15) is 0 Å². The Labute approximate surface area is 124 Å². The molecule has 0 amide bonds. The highest BCUT2D eigenvalue weighted by Crippen LogP contribution is 2.28. The van der Waals surface area contributed by atoms with E-state index in [2.05, 4.69) is 58.9 Å². The lowest BCUT2D eigenvalue weighted by molar-refractivity contribution is -0.0477. The second-order valence-electron chi connectivity index (χ2n) is 5.25. The van der Waals surface area contributed by atoms with Crippen LogP contribution in [0.3, 0.4) is 0 Å². The topological polar surface area (TPSA) is 38.5 Å². The first-order chi connectivity index (χ1) is 9.11. The summed E-state index contributed by atoms with van der Waals surface area (Å²) in [5.74, 6) is 0. The molecule has 0 radical (unpaired) electrons. The molecule has 1 aliphatic rings. The first kappa shape index (κ1) is 15.0. The molecule has 1 aliphatic heterocycles. The van der Waals surface area contributed by atoms with Gasteiger partial charge in [0.15, 0.2) is 0 Å². The van der Waals surface area contributed by atoms with E-state index in [1.165, 1.54) is 5.56 Å². The van der Waals surface area contributed by atoms with E-state index in [0.29, 0.717) is 6.10 Å². The molecule has 0 saturated carbocycles. The van der Waals surface area contributed by atoms with Gasteiger partial charge in [0.2, 0.25) is 0 Å². The quantitative estimate of drug-likeness (QED) is 0.924. The third-order valence-corrected chi connectivity index (χ3v) is 4.20. The van der Waals surface area contributed by atoms with Crippen LogP contribution in [-0.4, -0.2) is 36.7 Å². The predicted molar refractivity (Wildman–Crippen MR) is 82.1 cm³/mol. The largest absolute Gasteiger partial charge is 0.376 e. The summed E-state index contributed by atoms with van der Waals surface area (Å²) < 4.78 is 6.86. The van der Waals surface area contributed by atoms with Gasteiger partial charge in [-0.05, 0) is 31.0 Å². The Morgan fingerprint density at radius 1 is 1.53 bits per heavy atom. The van der Waals surface area contributed by atoms with Crippen molar-refractivity contribution in [2.75, 3.05) is 19.7 Å². The maximum atomic E-state index is 6.24. The van der Waals surface area contributed by atoms with Crippen LogP contribution in [0.25, 0.3) is 0 Å². The highest BCUT2D eigenvalue weighted by molar-refractivity contribution is 9.10. The fraction of sp³-hybridized carbons (Fsp3) is 0.600. The number of rotatable bonds is 4. The van der Waals surface area contributed by atoms with Gasteiger partial charge < -0.3 is 10.5 Å². The maximum absolute atomic E-state index is 6.24.